The second-order valence-electron chi connectivity index (χ2n) is 5.72. The largest absolute Gasteiger partial charge is 0.478 e. The molecule has 3 rings (SSSR count). The first-order valence-corrected chi connectivity index (χ1v) is 10.0. The number of anilines is 1. The Balaban J connectivity index is 1.72. The zero-order chi connectivity index (χ0) is 19.4. The van der Waals surface area contributed by atoms with Gasteiger partial charge in [0.1, 0.15) is 11.8 Å². The minimum atomic E-state index is -0.275. The Hall–Kier alpha value is -2.14. The number of carbonyl (C=O) groups excluding carboxylic acids is 1. The molecule has 1 aliphatic heterocycles. The molecule has 1 saturated heterocycles. The van der Waals surface area contributed by atoms with Gasteiger partial charge >= 0.3 is 0 Å². The van der Waals surface area contributed by atoms with Crippen LogP contribution in [0, 0.1) is 18.3 Å². The van der Waals surface area contributed by atoms with Gasteiger partial charge in [0.05, 0.1) is 9.38 Å². The number of nitrogens with zero attached hydrogens (tertiary/aromatic N) is 1. The Labute approximate surface area is 174 Å². The second-order valence-corrected chi connectivity index (χ2v) is 8.16. The minimum absolute atomic E-state index is 0.0203. The Morgan fingerprint density at radius 1 is 1.41 bits per heavy atom. The minimum Gasteiger partial charge on any atom is -0.478 e. The molecule has 2 N–H and O–H groups in total. The number of halogens is 2. The van der Waals surface area contributed by atoms with Gasteiger partial charge in [-0.05, 0) is 64.3 Å². The van der Waals surface area contributed by atoms with E-state index < -0.39 is 0 Å². The third-order valence-corrected chi connectivity index (χ3v) is 5.65. The highest BCUT2D eigenvalue weighted by Gasteiger charge is 2.27. The number of carbonyl (C=O) groups is 1. The quantitative estimate of drug-likeness (QED) is 0.615. The Kier molecular flexibility index (Phi) is 6.32. The molecular weight excluding hydrogens is 450 g/mol. The lowest BCUT2D eigenvalue weighted by atomic mass is 10.2. The number of thioether (sulfide) groups is 1. The normalized spacial score (nSPS) is 17.5. The van der Waals surface area contributed by atoms with E-state index in [1.165, 1.54) is 11.8 Å². The van der Waals surface area contributed by atoms with E-state index in [-0.39, 0.29) is 18.0 Å². The third kappa shape index (κ3) is 4.98. The number of hydrogen-bond donors (Lipinski definition) is 2. The van der Waals surface area contributed by atoms with Gasteiger partial charge in [0.25, 0.3) is 5.91 Å². The van der Waals surface area contributed by atoms with Gasteiger partial charge in [-0.25, -0.2) is 0 Å². The first kappa shape index (κ1) is 19.6. The van der Waals surface area contributed by atoms with Gasteiger partial charge in [0.15, 0.2) is 12.1 Å². The van der Waals surface area contributed by atoms with Crippen LogP contribution in [0.2, 0.25) is 5.02 Å². The lowest BCUT2D eigenvalue weighted by molar-refractivity contribution is -0.116. The number of rotatable bonds is 5. The maximum Gasteiger partial charge on any atom is 0.260 e. The number of benzene rings is 2. The van der Waals surface area contributed by atoms with Gasteiger partial charge in [-0.3, -0.25) is 4.79 Å². The first-order chi connectivity index (χ1) is 13.0. The predicted molar refractivity (Wildman–Crippen MR) is 113 cm³/mol. The van der Waals surface area contributed by atoms with E-state index in [9.17, 15) is 4.79 Å². The van der Waals surface area contributed by atoms with Crippen LogP contribution in [0.25, 0.3) is 6.08 Å². The highest BCUT2D eigenvalue weighted by molar-refractivity contribution is 9.10. The SMILES string of the molecule is Cc1ccc(Cl)cc1NC1NC(=O)/C(=C/c2ccc(OCC#N)c(Br)c2)S1. The van der Waals surface area contributed by atoms with Crippen molar-refractivity contribution < 1.29 is 9.53 Å². The van der Waals surface area contributed by atoms with Crippen molar-refractivity contribution in [3.05, 3.63) is 61.9 Å². The molecule has 1 fully saturated rings. The van der Waals surface area contributed by atoms with Crippen molar-refractivity contribution in [1.29, 1.82) is 5.26 Å². The Bertz CT molecular complexity index is 958. The van der Waals surface area contributed by atoms with Crippen molar-refractivity contribution in [2.45, 2.75) is 12.4 Å². The van der Waals surface area contributed by atoms with Crippen molar-refractivity contribution in [2.75, 3.05) is 11.9 Å². The van der Waals surface area contributed by atoms with E-state index in [4.69, 9.17) is 21.6 Å². The van der Waals surface area contributed by atoms with Crippen LogP contribution >= 0.6 is 39.3 Å². The molecule has 138 valence electrons. The Morgan fingerprint density at radius 3 is 2.96 bits per heavy atom. The molecule has 0 spiro atoms. The number of ether oxygens (including phenoxy) is 1. The van der Waals surface area contributed by atoms with Crippen LogP contribution < -0.4 is 15.4 Å². The summed E-state index contributed by atoms with van der Waals surface area (Å²) in [6.07, 6.45) is 1.81. The van der Waals surface area contributed by atoms with Crippen LogP contribution in [-0.2, 0) is 4.79 Å². The summed E-state index contributed by atoms with van der Waals surface area (Å²) >= 11 is 10.9. The molecule has 2 aromatic rings. The van der Waals surface area contributed by atoms with E-state index in [0.717, 1.165) is 21.3 Å². The molecule has 0 radical (unpaired) electrons. The monoisotopic (exact) mass is 463 g/mol. The maximum absolute atomic E-state index is 12.3. The molecule has 1 heterocycles. The maximum atomic E-state index is 12.3. The molecule has 1 aliphatic rings. The van der Waals surface area contributed by atoms with Crippen molar-refractivity contribution >= 4 is 57.0 Å². The summed E-state index contributed by atoms with van der Waals surface area (Å²) in [6, 6.07) is 13.0. The average Bonchev–Trinajstić information content (AvgIpc) is 2.96. The van der Waals surface area contributed by atoms with Crippen LogP contribution in [0.4, 0.5) is 5.69 Å². The fraction of sp³-hybridized carbons (Fsp3) is 0.158. The number of nitrogens with one attached hydrogen (secondary N) is 2. The smallest absolute Gasteiger partial charge is 0.260 e. The molecule has 2 aromatic carbocycles. The standard InChI is InChI=1S/C19H15BrClN3O2S/c1-11-2-4-13(21)10-15(11)23-19-24-18(25)17(27-19)9-12-3-5-16(14(20)8-12)26-7-6-22/h2-5,8-10,19,23H,7H2,1H3,(H,24,25)/b17-9-. The summed E-state index contributed by atoms with van der Waals surface area (Å²) < 4.78 is 6.02. The van der Waals surface area contributed by atoms with Crippen molar-refractivity contribution in [3.63, 3.8) is 0 Å². The van der Waals surface area contributed by atoms with Gasteiger partial charge < -0.3 is 15.4 Å². The van der Waals surface area contributed by atoms with Crippen LogP contribution in [0.3, 0.4) is 0 Å². The first-order valence-electron chi connectivity index (χ1n) is 7.97. The lowest BCUT2D eigenvalue weighted by Crippen LogP contribution is -2.31. The topological polar surface area (TPSA) is 74.2 Å². The van der Waals surface area contributed by atoms with Crippen LogP contribution in [0.15, 0.2) is 45.8 Å². The summed E-state index contributed by atoms with van der Waals surface area (Å²) in [5, 5.41) is 15.4. The number of amides is 1. The molecule has 0 aliphatic carbocycles. The van der Waals surface area contributed by atoms with E-state index in [2.05, 4.69) is 26.6 Å². The van der Waals surface area contributed by atoms with Gasteiger partial charge in [-0.2, -0.15) is 5.26 Å². The molecule has 1 amide bonds. The van der Waals surface area contributed by atoms with Gasteiger partial charge in [-0.1, -0.05) is 35.5 Å². The Morgan fingerprint density at radius 2 is 2.22 bits per heavy atom. The third-order valence-electron chi connectivity index (χ3n) is 3.76. The lowest BCUT2D eigenvalue weighted by Gasteiger charge is -2.15. The predicted octanol–water partition coefficient (Wildman–Crippen LogP) is 4.91. The summed E-state index contributed by atoms with van der Waals surface area (Å²) in [4.78, 5) is 12.9. The van der Waals surface area contributed by atoms with Crippen LogP contribution in [-0.4, -0.2) is 18.0 Å². The van der Waals surface area contributed by atoms with E-state index in [0.29, 0.717) is 15.7 Å². The van der Waals surface area contributed by atoms with E-state index in [1.807, 2.05) is 49.4 Å². The summed E-state index contributed by atoms with van der Waals surface area (Å²) in [7, 11) is 0. The van der Waals surface area contributed by atoms with E-state index >= 15 is 0 Å². The molecule has 8 heteroatoms. The summed E-state index contributed by atoms with van der Waals surface area (Å²) in [5.41, 5.74) is 2.50. The number of nitriles is 1. The van der Waals surface area contributed by atoms with Crippen LogP contribution in [0.5, 0.6) is 5.75 Å². The molecule has 5 nitrogen and oxygen atoms in total. The molecule has 1 atom stereocenters. The molecule has 0 aromatic heterocycles. The van der Waals surface area contributed by atoms with Crippen molar-refractivity contribution in [2.24, 2.45) is 0 Å². The van der Waals surface area contributed by atoms with Gasteiger partial charge in [0, 0.05) is 10.7 Å². The molecule has 1 unspecified atom stereocenters. The van der Waals surface area contributed by atoms with Crippen molar-refractivity contribution in [1.82, 2.24) is 5.32 Å². The van der Waals surface area contributed by atoms with Gasteiger partial charge in [0.2, 0.25) is 0 Å². The molecular formula is C19H15BrClN3O2S. The molecule has 0 saturated carbocycles. The molecule has 27 heavy (non-hydrogen) atoms. The fourth-order valence-electron chi connectivity index (χ4n) is 2.44. The highest BCUT2D eigenvalue weighted by Crippen LogP contribution is 2.33. The zero-order valence-corrected chi connectivity index (χ0v) is 17.4. The number of hydrogen-bond acceptors (Lipinski definition) is 5. The second kappa shape index (κ2) is 8.70. The number of aryl methyl sites for hydroxylation is 1. The summed E-state index contributed by atoms with van der Waals surface area (Å²) in [6.45, 7) is 1.96. The van der Waals surface area contributed by atoms with Crippen molar-refractivity contribution in [3.8, 4) is 11.8 Å². The average molecular weight is 465 g/mol. The summed E-state index contributed by atoms with van der Waals surface area (Å²) in [5.74, 6) is 0.441. The van der Waals surface area contributed by atoms with Crippen LogP contribution in [0.1, 0.15) is 11.1 Å². The van der Waals surface area contributed by atoms with Gasteiger partial charge in [-0.15, -0.1) is 0 Å². The fourth-order valence-corrected chi connectivity index (χ4v) is 4.10. The van der Waals surface area contributed by atoms with E-state index in [1.54, 1.807) is 6.07 Å². The molecule has 0 bridgehead atoms. The zero-order valence-electron chi connectivity index (χ0n) is 14.3. The highest BCUT2D eigenvalue weighted by atomic mass is 79.9.